The van der Waals surface area contributed by atoms with E-state index < -0.39 is 80.4 Å². The van der Waals surface area contributed by atoms with Gasteiger partial charge in [0.2, 0.25) is 0 Å². The molecule has 0 aromatic rings. The van der Waals surface area contributed by atoms with E-state index in [9.17, 15) is 40.9 Å². The van der Waals surface area contributed by atoms with Crippen LogP contribution in [0.4, 0.5) is 0 Å². The molecule has 0 heterocycles. The maximum Gasteiger partial charge on any atom is 0.110 e. The second kappa shape index (κ2) is 11.4. The van der Waals surface area contributed by atoms with Crippen LogP contribution in [0.3, 0.4) is 0 Å². The van der Waals surface area contributed by atoms with Crippen molar-refractivity contribution < 1.29 is 51.1 Å². The summed E-state index contributed by atoms with van der Waals surface area (Å²) in [6.07, 6.45) is -15.2. The Labute approximate surface area is 150 Å². The molecule has 0 aromatic carbocycles. The zero-order valence-corrected chi connectivity index (χ0v) is 14.3. The van der Waals surface area contributed by atoms with Crippen LogP contribution in [0.1, 0.15) is 12.8 Å². The first-order chi connectivity index (χ1) is 11.9. The lowest BCUT2D eigenvalue weighted by atomic mass is 9.82. The smallest absolute Gasteiger partial charge is 0.110 e. The standard InChI is InChI=1S/C14H32N2O10/c15-5-14(16,1-6(19)10(23)12(25)8(21)3-17)2-7(20)11(24)13(26)9(22)4-18/h6-13,17-26H,1-5,15-16H2/t6-,7-,8+,9+,10+,11+,12+,13+/m0/s1. The quantitative estimate of drug-likeness (QED) is 0.140. The third-order valence-corrected chi connectivity index (χ3v) is 4.29. The molecule has 0 unspecified atom stereocenters. The van der Waals surface area contributed by atoms with E-state index in [2.05, 4.69) is 0 Å². The molecule has 8 atom stereocenters. The lowest BCUT2D eigenvalue weighted by Crippen LogP contribution is -2.57. The van der Waals surface area contributed by atoms with Crippen molar-refractivity contribution in [3.05, 3.63) is 0 Å². The predicted molar refractivity (Wildman–Crippen MR) is 87.4 cm³/mol. The number of nitrogens with two attached hydrogens (primary N) is 2. The second-order valence-electron chi connectivity index (χ2n) is 6.57. The van der Waals surface area contributed by atoms with Gasteiger partial charge in [0.25, 0.3) is 0 Å². The van der Waals surface area contributed by atoms with E-state index in [1.54, 1.807) is 0 Å². The van der Waals surface area contributed by atoms with Crippen molar-refractivity contribution in [2.45, 2.75) is 67.2 Å². The Bertz CT molecular complexity index is 361. The van der Waals surface area contributed by atoms with Crippen LogP contribution in [0, 0.1) is 0 Å². The van der Waals surface area contributed by atoms with Gasteiger partial charge in [-0.3, -0.25) is 0 Å². The Balaban J connectivity index is 4.95. The number of hydrogen-bond acceptors (Lipinski definition) is 12. The van der Waals surface area contributed by atoms with E-state index in [4.69, 9.17) is 21.7 Å². The maximum atomic E-state index is 9.98. The minimum absolute atomic E-state index is 0.335. The van der Waals surface area contributed by atoms with E-state index >= 15 is 0 Å². The Morgan fingerprint density at radius 2 is 0.846 bits per heavy atom. The van der Waals surface area contributed by atoms with Gasteiger partial charge in [0, 0.05) is 12.1 Å². The van der Waals surface area contributed by atoms with E-state index in [0.29, 0.717) is 0 Å². The normalized spacial score (nSPS) is 22.2. The molecular weight excluding hydrogens is 356 g/mol. The van der Waals surface area contributed by atoms with Crippen LogP contribution >= 0.6 is 0 Å². The first-order valence-corrected chi connectivity index (χ1v) is 8.09. The first-order valence-electron chi connectivity index (χ1n) is 8.09. The summed E-state index contributed by atoms with van der Waals surface area (Å²) >= 11 is 0. The SMILES string of the molecule is NCC(N)(C[C@H](O)[C@@H](O)[C@H](O)[C@H](O)CO)C[C@H](O)[C@@H](O)[C@H](O)[C@H](O)CO. The number of rotatable bonds is 13. The summed E-state index contributed by atoms with van der Waals surface area (Å²) < 4.78 is 0. The molecule has 158 valence electrons. The lowest BCUT2D eigenvalue weighted by molar-refractivity contribution is -0.128. The number of aliphatic hydroxyl groups excluding tert-OH is 10. The maximum absolute atomic E-state index is 9.98. The van der Waals surface area contributed by atoms with Crippen molar-refractivity contribution in [2.24, 2.45) is 11.5 Å². The van der Waals surface area contributed by atoms with Gasteiger partial charge in [0.15, 0.2) is 0 Å². The molecule has 14 N–H and O–H groups in total. The molecule has 26 heavy (non-hydrogen) atoms. The van der Waals surface area contributed by atoms with Crippen LogP contribution in [0.25, 0.3) is 0 Å². The summed E-state index contributed by atoms with van der Waals surface area (Å²) in [7, 11) is 0. The molecule has 0 aliphatic rings. The molecule has 0 rings (SSSR count). The molecule has 12 heteroatoms. The largest absolute Gasteiger partial charge is 0.394 e. The Morgan fingerprint density at radius 1 is 0.577 bits per heavy atom. The fraction of sp³-hybridized carbons (Fsp3) is 1.00. The molecule has 0 amide bonds. The number of aliphatic hydroxyl groups is 10. The zero-order chi connectivity index (χ0) is 20.7. The monoisotopic (exact) mass is 388 g/mol. The van der Waals surface area contributed by atoms with E-state index in [-0.39, 0.29) is 6.54 Å². The second-order valence-corrected chi connectivity index (χ2v) is 6.57. The predicted octanol–water partition coefficient (Wildman–Crippen LogP) is -6.71. The van der Waals surface area contributed by atoms with Crippen LogP contribution in [-0.4, -0.2) is 125 Å². The van der Waals surface area contributed by atoms with Gasteiger partial charge in [-0.1, -0.05) is 0 Å². The molecule has 12 nitrogen and oxygen atoms in total. The van der Waals surface area contributed by atoms with E-state index in [1.807, 2.05) is 0 Å². The van der Waals surface area contributed by atoms with Crippen LogP contribution < -0.4 is 11.5 Å². The van der Waals surface area contributed by atoms with Crippen LogP contribution in [-0.2, 0) is 0 Å². The van der Waals surface area contributed by atoms with Crippen LogP contribution in [0.2, 0.25) is 0 Å². The molecule has 0 spiro atoms. The summed E-state index contributed by atoms with van der Waals surface area (Å²) in [4.78, 5) is 0. The topological polar surface area (TPSA) is 254 Å². The van der Waals surface area contributed by atoms with Gasteiger partial charge < -0.3 is 62.5 Å². The van der Waals surface area contributed by atoms with Crippen molar-refractivity contribution in [3.63, 3.8) is 0 Å². The molecule has 0 aliphatic heterocycles. The first kappa shape index (κ1) is 25.5. The summed E-state index contributed by atoms with van der Waals surface area (Å²) in [5.41, 5.74) is 9.89. The van der Waals surface area contributed by atoms with E-state index in [0.717, 1.165) is 0 Å². The highest BCUT2D eigenvalue weighted by Crippen LogP contribution is 2.22. The van der Waals surface area contributed by atoms with Gasteiger partial charge in [-0.2, -0.15) is 0 Å². The molecule has 0 radical (unpaired) electrons. The van der Waals surface area contributed by atoms with Crippen molar-refractivity contribution in [3.8, 4) is 0 Å². The van der Waals surface area contributed by atoms with Gasteiger partial charge in [0.05, 0.1) is 25.4 Å². The summed E-state index contributed by atoms with van der Waals surface area (Å²) in [6.45, 7) is -2.05. The van der Waals surface area contributed by atoms with Gasteiger partial charge in [0.1, 0.15) is 36.6 Å². The molecule has 0 fully saturated rings. The van der Waals surface area contributed by atoms with Gasteiger partial charge in [-0.15, -0.1) is 0 Å². The van der Waals surface area contributed by atoms with Crippen molar-refractivity contribution in [1.82, 2.24) is 0 Å². The summed E-state index contributed by atoms with van der Waals surface area (Å²) in [6, 6.07) is 0. The summed E-state index contributed by atoms with van der Waals surface area (Å²) in [5, 5.41) is 94.8. The lowest BCUT2D eigenvalue weighted by Gasteiger charge is -2.36. The van der Waals surface area contributed by atoms with Gasteiger partial charge in [-0.05, 0) is 12.8 Å². The minimum atomic E-state index is -1.88. The molecule has 0 saturated heterocycles. The highest BCUT2D eigenvalue weighted by molar-refractivity contribution is 4.96. The molecule has 0 aliphatic carbocycles. The minimum Gasteiger partial charge on any atom is -0.394 e. The zero-order valence-electron chi connectivity index (χ0n) is 14.3. The highest BCUT2D eigenvalue weighted by Gasteiger charge is 2.39. The Morgan fingerprint density at radius 3 is 1.08 bits per heavy atom. The average Bonchev–Trinajstić information content (AvgIpc) is 2.63. The molecule has 0 aromatic heterocycles. The van der Waals surface area contributed by atoms with E-state index in [1.165, 1.54) is 0 Å². The van der Waals surface area contributed by atoms with Gasteiger partial charge in [-0.25, -0.2) is 0 Å². The third kappa shape index (κ3) is 7.26. The fourth-order valence-electron chi connectivity index (χ4n) is 2.45. The fourth-order valence-corrected chi connectivity index (χ4v) is 2.45. The van der Waals surface area contributed by atoms with Gasteiger partial charge >= 0.3 is 0 Å². The molecule has 0 bridgehead atoms. The van der Waals surface area contributed by atoms with Crippen molar-refractivity contribution in [1.29, 1.82) is 0 Å². The average molecular weight is 388 g/mol. The summed E-state index contributed by atoms with van der Waals surface area (Å²) in [5.74, 6) is 0. The highest BCUT2D eigenvalue weighted by atomic mass is 16.4. The number of hydrogen-bond donors (Lipinski definition) is 12. The third-order valence-electron chi connectivity index (χ3n) is 4.29. The Hall–Kier alpha value is -0.480. The Kier molecular flexibility index (Phi) is 11.2. The van der Waals surface area contributed by atoms with Crippen LogP contribution in [0.5, 0.6) is 0 Å². The molecule has 0 saturated carbocycles. The van der Waals surface area contributed by atoms with Crippen LogP contribution in [0.15, 0.2) is 0 Å². The van der Waals surface area contributed by atoms with Crippen molar-refractivity contribution >= 4 is 0 Å². The van der Waals surface area contributed by atoms with Crippen molar-refractivity contribution in [2.75, 3.05) is 19.8 Å². The molecular formula is C14H32N2O10.